The van der Waals surface area contributed by atoms with Crippen LogP contribution >= 0.6 is 11.3 Å². The van der Waals surface area contributed by atoms with Crippen molar-refractivity contribution in [3.05, 3.63) is 191 Å². The van der Waals surface area contributed by atoms with Crippen LogP contribution in [0.1, 0.15) is 33.4 Å². The van der Waals surface area contributed by atoms with Crippen molar-refractivity contribution < 1.29 is 0 Å². The van der Waals surface area contributed by atoms with Gasteiger partial charge in [-0.2, -0.15) is 10.5 Å². The lowest BCUT2D eigenvalue weighted by Gasteiger charge is -2.43. The monoisotopic (exact) mass is 639 g/mol. The number of hydrogen-bond donors (Lipinski definition) is 0. The first-order valence-electron chi connectivity index (χ1n) is 16.3. The highest BCUT2D eigenvalue weighted by molar-refractivity contribution is 7.19. The summed E-state index contributed by atoms with van der Waals surface area (Å²) in [7, 11) is 0. The smallest absolute Gasteiger partial charge is 0.138 e. The quantitative estimate of drug-likeness (QED) is 0.177. The van der Waals surface area contributed by atoms with E-state index in [-0.39, 0.29) is 5.57 Å². The molecule has 7 aromatic rings. The molecule has 0 radical (unpaired) electrons. The molecule has 10 rings (SSSR count). The molecular weight excluding hydrogens is 615 g/mol. The van der Waals surface area contributed by atoms with Gasteiger partial charge in [0.2, 0.25) is 0 Å². The molecule has 0 saturated carbocycles. The summed E-state index contributed by atoms with van der Waals surface area (Å²) >= 11 is 1.82. The first-order valence-corrected chi connectivity index (χ1v) is 17.1. The molecule has 0 atom stereocenters. The van der Waals surface area contributed by atoms with Crippen LogP contribution in [0.5, 0.6) is 0 Å². The molecule has 49 heavy (non-hydrogen) atoms. The molecule has 6 aromatic carbocycles. The molecule has 1 aliphatic heterocycles. The summed E-state index contributed by atoms with van der Waals surface area (Å²) in [5.74, 6) is 0. The van der Waals surface area contributed by atoms with Crippen LogP contribution < -0.4 is 4.90 Å². The number of rotatable bonds is 2. The molecule has 0 N–H and O–H groups in total. The average Bonchev–Trinajstić information content (AvgIpc) is 3.83. The van der Waals surface area contributed by atoms with Gasteiger partial charge in [-0.05, 0) is 86.0 Å². The highest BCUT2D eigenvalue weighted by Crippen LogP contribution is 2.65. The number of para-hydroxylation sites is 2. The molecule has 2 aliphatic carbocycles. The number of benzene rings is 6. The third kappa shape index (κ3) is 3.59. The van der Waals surface area contributed by atoms with Gasteiger partial charge in [0.1, 0.15) is 22.7 Å². The van der Waals surface area contributed by atoms with E-state index in [1.165, 1.54) is 48.9 Å². The maximum atomic E-state index is 9.86. The zero-order valence-corrected chi connectivity index (χ0v) is 27.0. The second-order valence-electron chi connectivity index (χ2n) is 12.6. The van der Waals surface area contributed by atoms with Crippen LogP contribution in [-0.4, -0.2) is 0 Å². The summed E-state index contributed by atoms with van der Waals surface area (Å²) < 4.78 is 0. The van der Waals surface area contributed by atoms with E-state index < -0.39 is 5.41 Å². The fourth-order valence-corrected chi connectivity index (χ4v) is 9.72. The molecule has 3 aliphatic rings. The van der Waals surface area contributed by atoms with E-state index in [1.54, 1.807) is 0 Å². The topological polar surface area (TPSA) is 50.8 Å². The summed E-state index contributed by atoms with van der Waals surface area (Å²) in [6.45, 7) is 0. The third-order valence-electron chi connectivity index (χ3n) is 10.4. The standard InChI is InChI=1S/C45H25N3S/c46-26-29(27-47)43-34-17-5-4-14-31(34)36-24-28(22-23-35(36)43)42-25-40-44(49-42)48(30-12-2-1-3-13-30)41-21-11-10-20-39(41)45(40)37-18-8-6-15-32(37)33-16-7-9-19-38(33)45/h1-25H. The van der Waals surface area contributed by atoms with Crippen LogP contribution in [0.4, 0.5) is 16.4 Å². The number of fused-ring (bicyclic) bond motifs is 12. The minimum Gasteiger partial charge on any atom is -0.301 e. The van der Waals surface area contributed by atoms with Crippen LogP contribution in [0.25, 0.3) is 38.3 Å². The number of nitrogens with zero attached hydrogens (tertiary/aromatic N) is 3. The summed E-state index contributed by atoms with van der Waals surface area (Å²) in [6, 6.07) is 58.6. The molecule has 0 amide bonds. The van der Waals surface area contributed by atoms with Gasteiger partial charge in [0, 0.05) is 21.7 Å². The van der Waals surface area contributed by atoms with E-state index in [2.05, 4.69) is 150 Å². The Morgan fingerprint density at radius 2 is 1.08 bits per heavy atom. The van der Waals surface area contributed by atoms with Crippen molar-refractivity contribution >= 4 is 33.3 Å². The van der Waals surface area contributed by atoms with E-state index in [4.69, 9.17) is 0 Å². The van der Waals surface area contributed by atoms with Gasteiger partial charge in [-0.25, -0.2) is 0 Å². The van der Waals surface area contributed by atoms with Crippen molar-refractivity contribution in [3.8, 4) is 44.8 Å². The molecule has 226 valence electrons. The Bertz CT molecular complexity index is 2590. The maximum Gasteiger partial charge on any atom is 0.138 e. The molecule has 1 spiro atoms. The average molecular weight is 640 g/mol. The zero-order valence-electron chi connectivity index (χ0n) is 26.2. The zero-order chi connectivity index (χ0) is 32.7. The van der Waals surface area contributed by atoms with Crippen LogP contribution in [0.2, 0.25) is 0 Å². The predicted octanol–water partition coefficient (Wildman–Crippen LogP) is 11.4. The molecule has 0 fully saturated rings. The Labute approximate surface area is 288 Å². The van der Waals surface area contributed by atoms with Crippen LogP contribution in [0.15, 0.2) is 157 Å². The van der Waals surface area contributed by atoms with Gasteiger partial charge >= 0.3 is 0 Å². The fraction of sp³-hybridized carbons (Fsp3) is 0.0222. The molecule has 4 heteroatoms. The minimum atomic E-state index is -0.493. The molecule has 3 nitrogen and oxygen atoms in total. The maximum absolute atomic E-state index is 9.86. The van der Waals surface area contributed by atoms with Gasteiger partial charge in [0.15, 0.2) is 0 Å². The van der Waals surface area contributed by atoms with Crippen molar-refractivity contribution in [1.29, 1.82) is 10.5 Å². The summed E-state index contributed by atoms with van der Waals surface area (Å²) in [4.78, 5) is 3.60. The Hall–Kier alpha value is -6.46. The van der Waals surface area contributed by atoms with Crippen molar-refractivity contribution in [1.82, 2.24) is 0 Å². The molecule has 2 heterocycles. The van der Waals surface area contributed by atoms with Crippen LogP contribution in [0, 0.1) is 22.7 Å². The van der Waals surface area contributed by atoms with E-state index >= 15 is 0 Å². The van der Waals surface area contributed by atoms with Gasteiger partial charge in [0.25, 0.3) is 0 Å². The lowest BCUT2D eigenvalue weighted by molar-refractivity contribution is 0.758. The van der Waals surface area contributed by atoms with Gasteiger partial charge in [-0.1, -0.05) is 121 Å². The minimum absolute atomic E-state index is 0.141. The summed E-state index contributed by atoms with van der Waals surface area (Å²) in [5, 5.41) is 20.9. The summed E-state index contributed by atoms with van der Waals surface area (Å²) in [5.41, 5.74) is 15.4. The molecule has 1 aromatic heterocycles. The molecular formula is C45H25N3S. The Morgan fingerprint density at radius 3 is 1.78 bits per heavy atom. The van der Waals surface area contributed by atoms with Gasteiger partial charge in [0.05, 0.1) is 11.1 Å². The number of hydrogen-bond acceptors (Lipinski definition) is 4. The Morgan fingerprint density at radius 1 is 0.510 bits per heavy atom. The highest BCUT2D eigenvalue weighted by Gasteiger charge is 2.52. The molecule has 0 unspecified atom stereocenters. The molecule has 0 saturated heterocycles. The summed E-state index contributed by atoms with van der Waals surface area (Å²) in [6.07, 6.45) is 0. The SMILES string of the molecule is N#CC(C#N)=C1c2ccccc2-c2cc(-c3cc4c(s3)N(c3ccccc3)c3ccccc3C43c4ccccc4-c4ccccc43)ccc21. The number of thiophene rings is 1. The highest BCUT2D eigenvalue weighted by atomic mass is 32.1. The van der Waals surface area contributed by atoms with Gasteiger partial charge in [-0.15, -0.1) is 11.3 Å². The molecule has 0 bridgehead atoms. The van der Waals surface area contributed by atoms with Gasteiger partial charge in [-0.3, -0.25) is 0 Å². The number of anilines is 3. The fourth-order valence-electron chi connectivity index (χ4n) is 8.47. The van der Waals surface area contributed by atoms with E-state index in [9.17, 15) is 10.5 Å². The van der Waals surface area contributed by atoms with Crippen LogP contribution in [0.3, 0.4) is 0 Å². The second kappa shape index (κ2) is 10.3. The van der Waals surface area contributed by atoms with Crippen LogP contribution in [-0.2, 0) is 5.41 Å². The largest absolute Gasteiger partial charge is 0.301 e. The number of allylic oxidation sites excluding steroid dienone is 1. The van der Waals surface area contributed by atoms with E-state index in [0.29, 0.717) is 0 Å². The predicted molar refractivity (Wildman–Crippen MR) is 198 cm³/mol. The van der Waals surface area contributed by atoms with E-state index in [1.807, 2.05) is 29.5 Å². The lowest BCUT2D eigenvalue weighted by atomic mass is 9.66. The van der Waals surface area contributed by atoms with Crippen molar-refractivity contribution in [2.75, 3.05) is 4.90 Å². The first kappa shape index (κ1) is 27.6. The van der Waals surface area contributed by atoms with Crippen molar-refractivity contribution in [2.45, 2.75) is 5.41 Å². The lowest BCUT2D eigenvalue weighted by Crippen LogP contribution is -2.35. The van der Waals surface area contributed by atoms with Crippen molar-refractivity contribution in [2.24, 2.45) is 0 Å². The first-order chi connectivity index (χ1) is 24.2. The number of nitriles is 2. The normalized spacial score (nSPS) is 13.8. The third-order valence-corrected chi connectivity index (χ3v) is 11.5. The van der Waals surface area contributed by atoms with E-state index in [0.717, 1.165) is 39.1 Å². The van der Waals surface area contributed by atoms with Crippen molar-refractivity contribution in [3.63, 3.8) is 0 Å². The second-order valence-corrected chi connectivity index (χ2v) is 13.7. The Balaban J connectivity index is 1.28. The van der Waals surface area contributed by atoms with Gasteiger partial charge < -0.3 is 4.90 Å². The Kier molecular flexibility index (Phi) is 5.79.